The van der Waals surface area contributed by atoms with Gasteiger partial charge in [-0.05, 0) is 90.9 Å². The van der Waals surface area contributed by atoms with Gasteiger partial charge in [-0.3, -0.25) is 14.4 Å². The van der Waals surface area contributed by atoms with Crippen LogP contribution in [-0.4, -0.2) is 111 Å². The molecule has 0 spiro atoms. The van der Waals surface area contributed by atoms with Gasteiger partial charge in [0.25, 0.3) is 5.91 Å². The van der Waals surface area contributed by atoms with Gasteiger partial charge in [0, 0.05) is 53.4 Å². The highest BCUT2D eigenvalue weighted by Crippen LogP contribution is 2.30. The highest BCUT2D eigenvalue weighted by molar-refractivity contribution is 6.33. The third-order valence-corrected chi connectivity index (χ3v) is 9.90. The number of amides is 3. The fourth-order valence-electron chi connectivity index (χ4n) is 6.34. The second kappa shape index (κ2) is 24.3. The van der Waals surface area contributed by atoms with Crippen LogP contribution in [0.15, 0.2) is 66.7 Å². The summed E-state index contributed by atoms with van der Waals surface area (Å²) in [5.74, 6) is -0.0240. The van der Waals surface area contributed by atoms with Crippen LogP contribution in [0.5, 0.6) is 0 Å². The molecule has 57 heavy (non-hydrogen) atoms. The van der Waals surface area contributed by atoms with Gasteiger partial charge >= 0.3 is 0 Å². The number of hydrogen-bond acceptors (Lipinski definition) is 11. The number of halogens is 2. The molecule has 3 amide bonds. The van der Waals surface area contributed by atoms with Crippen molar-refractivity contribution in [2.75, 3.05) is 71.8 Å². The number of rotatable bonds is 22. The predicted octanol–water partition coefficient (Wildman–Crippen LogP) is 4.47. The lowest BCUT2D eigenvalue weighted by molar-refractivity contribution is -0.130. The van der Waals surface area contributed by atoms with E-state index in [1.165, 1.54) is 0 Å². The lowest BCUT2D eigenvalue weighted by Crippen LogP contribution is -2.48. The van der Waals surface area contributed by atoms with Crippen LogP contribution in [-0.2, 0) is 35.0 Å². The van der Waals surface area contributed by atoms with Crippen molar-refractivity contribution in [3.63, 3.8) is 0 Å². The van der Waals surface area contributed by atoms with E-state index < -0.39 is 6.04 Å². The molecule has 17 heteroatoms. The van der Waals surface area contributed by atoms with Crippen LogP contribution in [0, 0.1) is 11.8 Å². The van der Waals surface area contributed by atoms with Crippen LogP contribution < -0.4 is 21.7 Å². The third kappa shape index (κ3) is 14.4. The van der Waals surface area contributed by atoms with E-state index in [0.29, 0.717) is 87.4 Å². The molecule has 3 aromatic carbocycles. The molecule has 1 fully saturated rings. The molecule has 1 atom stereocenters. The molecular formula is C40H52Cl2N8O7. The lowest BCUT2D eigenvalue weighted by Gasteiger charge is -2.28. The first-order valence-corrected chi connectivity index (χ1v) is 19.3. The average Bonchev–Trinajstić information content (AvgIpc) is 3.77. The standard InChI is InChI=1S/C40H51ClN8O7.ClH/c1-53-18-19-55-22-23-56-21-20-54-17-16-43-38(50)32-12-15-34(35(41)25-32)29-6-2-27(3-7-29)24-36(45-39(51)31-8-4-28(26-42)5-9-31)40(52)44-33-13-10-30(11-14-33)37-46-48-49-47-37;/h2-3,6-7,10-15,25,28,31,36H,4-5,8-9,16-24,26,42H2,1H3,(H,43,50)(H,44,52)(H,45,51)(H,46,47,48,49);1H/t28?,31?,36-;/m0./s1. The van der Waals surface area contributed by atoms with Gasteiger partial charge in [0.15, 0.2) is 0 Å². The maximum absolute atomic E-state index is 13.7. The molecule has 0 radical (unpaired) electrons. The molecule has 0 bridgehead atoms. The summed E-state index contributed by atoms with van der Waals surface area (Å²) >= 11 is 6.67. The monoisotopic (exact) mass is 826 g/mol. The SMILES string of the molecule is COCCOCCOCCOCCNC(=O)c1ccc(-c2ccc(C[C@H](NC(=O)C3CCC(CN)CC3)C(=O)Nc3ccc(-c4nn[nH]n4)cc3)cc2)c(Cl)c1.Cl. The Morgan fingerprint density at radius 2 is 1.51 bits per heavy atom. The zero-order valence-corrected chi connectivity index (χ0v) is 33.6. The molecule has 1 aliphatic carbocycles. The van der Waals surface area contributed by atoms with E-state index in [0.717, 1.165) is 47.9 Å². The maximum atomic E-state index is 13.7. The summed E-state index contributed by atoms with van der Waals surface area (Å²) in [7, 11) is 1.62. The largest absolute Gasteiger partial charge is 0.382 e. The lowest BCUT2D eigenvalue weighted by atomic mass is 9.81. The minimum absolute atomic E-state index is 0. The Labute approximate surface area is 343 Å². The Morgan fingerprint density at radius 3 is 2.12 bits per heavy atom. The van der Waals surface area contributed by atoms with Gasteiger partial charge < -0.3 is 40.6 Å². The van der Waals surface area contributed by atoms with Crippen molar-refractivity contribution < 1.29 is 33.3 Å². The molecule has 6 N–H and O–H groups in total. The van der Waals surface area contributed by atoms with E-state index in [9.17, 15) is 14.4 Å². The second-order valence-corrected chi connectivity index (χ2v) is 13.9. The van der Waals surface area contributed by atoms with Crippen LogP contribution in [0.2, 0.25) is 5.02 Å². The van der Waals surface area contributed by atoms with Crippen LogP contribution in [0.1, 0.15) is 41.6 Å². The number of aromatic nitrogens is 4. The minimum atomic E-state index is -0.825. The van der Waals surface area contributed by atoms with Crippen LogP contribution in [0.4, 0.5) is 5.69 Å². The Kier molecular flexibility index (Phi) is 19.3. The Balaban J connectivity index is 0.00000720. The molecule has 1 saturated carbocycles. The van der Waals surface area contributed by atoms with Gasteiger partial charge in [-0.1, -0.05) is 41.9 Å². The number of hydrogen-bond donors (Lipinski definition) is 5. The van der Waals surface area contributed by atoms with Crippen LogP contribution in [0.25, 0.3) is 22.5 Å². The number of tetrazole rings is 1. The smallest absolute Gasteiger partial charge is 0.251 e. The van der Waals surface area contributed by atoms with Crippen molar-refractivity contribution in [3.8, 4) is 22.5 Å². The molecule has 308 valence electrons. The molecular weight excluding hydrogens is 775 g/mol. The van der Waals surface area contributed by atoms with E-state index >= 15 is 0 Å². The van der Waals surface area contributed by atoms with Crippen LogP contribution in [0.3, 0.4) is 0 Å². The number of H-pyrrole nitrogens is 1. The van der Waals surface area contributed by atoms with Crippen molar-refractivity contribution >= 4 is 47.4 Å². The summed E-state index contributed by atoms with van der Waals surface area (Å²) in [6.07, 6.45) is 3.55. The first kappa shape index (κ1) is 45.2. The van der Waals surface area contributed by atoms with Crippen LogP contribution >= 0.6 is 24.0 Å². The highest BCUT2D eigenvalue weighted by atomic mass is 35.5. The van der Waals surface area contributed by atoms with Gasteiger partial charge in [0.05, 0.1) is 46.2 Å². The molecule has 0 aliphatic heterocycles. The Morgan fingerprint density at radius 1 is 0.860 bits per heavy atom. The van der Waals surface area contributed by atoms with E-state index in [1.807, 2.05) is 24.3 Å². The number of nitrogens with one attached hydrogen (secondary N) is 4. The normalized spacial score (nSPS) is 15.6. The molecule has 4 aromatic rings. The number of nitrogens with zero attached hydrogens (tertiary/aromatic N) is 3. The van der Waals surface area contributed by atoms with Gasteiger partial charge in [0.1, 0.15) is 6.04 Å². The van der Waals surface area contributed by atoms with Gasteiger partial charge in [-0.2, -0.15) is 5.21 Å². The maximum Gasteiger partial charge on any atom is 0.251 e. The Hall–Kier alpha value is -4.48. The molecule has 1 heterocycles. The fourth-order valence-corrected chi connectivity index (χ4v) is 6.63. The number of nitrogens with two attached hydrogens (primary N) is 1. The minimum Gasteiger partial charge on any atom is -0.382 e. The highest BCUT2D eigenvalue weighted by Gasteiger charge is 2.29. The number of anilines is 1. The third-order valence-electron chi connectivity index (χ3n) is 9.58. The van der Waals surface area contributed by atoms with E-state index in [-0.39, 0.29) is 42.5 Å². The molecule has 1 aliphatic rings. The van der Waals surface area contributed by atoms with E-state index in [2.05, 4.69) is 36.6 Å². The zero-order valence-electron chi connectivity index (χ0n) is 32.0. The topological polar surface area (TPSA) is 205 Å². The van der Waals surface area contributed by atoms with Gasteiger partial charge in [-0.15, -0.1) is 22.6 Å². The first-order valence-electron chi connectivity index (χ1n) is 18.9. The number of methoxy groups -OCH3 is 1. The molecule has 0 saturated heterocycles. The predicted molar refractivity (Wildman–Crippen MR) is 219 cm³/mol. The van der Waals surface area contributed by atoms with E-state index in [1.54, 1.807) is 49.6 Å². The van der Waals surface area contributed by atoms with Crippen molar-refractivity contribution in [2.45, 2.75) is 38.1 Å². The van der Waals surface area contributed by atoms with Crippen molar-refractivity contribution in [1.29, 1.82) is 0 Å². The number of aromatic amines is 1. The van der Waals surface area contributed by atoms with Crippen molar-refractivity contribution in [2.24, 2.45) is 17.6 Å². The quantitative estimate of drug-likeness (QED) is 0.0700. The number of benzene rings is 3. The van der Waals surface area contributed by atoms with E-state index in [4.69, 9.17) is 36.3 Å². The van der Waals surface area contributed by atoms with Crippen molar-refractivity contribution in [1.82, 2.24) is 31.3 Å². The summed E-state index contributed by atoms with van der Waals surface area (Å²) in [6.45, 7) is 4.19. The molecule has 5 rings (SSSR count). The molecule has 15 nitrogen and oxygen atoms in total. The summed E-state index contributed by atoms with van der Waals surface area (Å²) < 4.78 is 21.2. The second-order valence-electron chi connectivity index (χ2n) is 13.5. The summed E-state index contributed by atoms with van der Waals surface area (Å²) in [5.41, 5.74) is 10.0. The summed E-state index contributed by atoms with van der Waals surface area (Å²) in [4.78, 5) is 39.9. The first-order chi connectivity index (χ1) is 27.3. The zero-order chi connectivity index (χ0) is 39.5. The fraction of sp³-hybridized carbons (Fsp3) is 0.450. The average molecular weight is 828 g/mol. The summed E-state index contributed by atoms with van der Waals surface area (Å²) in [6, 6.07) is 19.0. The number of carbonyl (C=O) groups excluding carboxylic acids is 3. The number of ether oxygens (including phenoxy) is 4. The molecule has 1 aromatic heterocycles. The van der Waals surface area contributed by atoms with Gasteiger partial charge in [-0.25, -0.2) is 0 Å². The number of carbonyl (C=O) groups is 3. The Bertz CT molecular complexity index is 1810. The van der Waals surface area contributed by atoms with Gasteiger partial charge in [0.2, 0.25) is 17.6 Å². The summed E-state index contributed by atoms with van der Waals surface area (Å²) in [5, 5.41) is 23.2. The molecule has 0 unspecified atom stereocenters. The van der Waals surface area contributed by atoms with Crippen molar-refractivity contribution in [3.05, 3.63) is 82.9 Å².